The quantitative estimate of drug-likeness (QED) is 0.580. The molecule has 1 aliphatic rings. The fraction of sp³-hybridized carbons (Fsp3) is 0.417. The Kier molecular flexibility index (Phi) is 6.53. The number of pyridine rings is 1. The Labute approximate surface area is 182 Å². The molecule has 5 nitrogen and oxygen atoms in total. The Morgan fingerprint density at radius 3 is 2.67 bits per heavy atom. The predicted octanol–water partition coefficient (Wildman–Crippen LogP) is 4.69. The number of carbonyl (C=O) groups is 1. The van der Waals surface area contributed by atoms with E-state index < -0.39 is 0 Å². The molecule has 6 heteroatoms. The lowest BCUT2D eigenvalue weighted by molar-refractivity contribution is -0.120. The standard InChI is InChI=1S/C24H30N4OS/c1-28(2)22-15-23(27-21-8-4-3-7-20(21)22)26-18-11-9-17(10-12-18)16-25-24(29)14-19-6-5-13-30-19/h3-8,13,15,17-18H,9-12,14,16H2,1-2H3,(H,25,29)(H,26,27)/t17-,18+. The maximum atomic E-state index is 12.1. The summed E-state index contributed by atoms with van der Waals surface area (Å²) in [5.74, 6) is 1.65. The molecule has 2 heterocycles. The molecule has 0 saturated heterocycles. The smallest absolute Gasteiger partial charge is 0.225 e. The lowest BCUT2D eigenvalue weighted by Gasteiger charge is -2.30. The minimum absolute atomic E-state index is 0.134. The highest BCUT2D eigenvalue weighted by Gasteiger charge is 2.22. The van der Waals surface area contributed by atoms with Crippen molar-refractivity contribution >= 4 is 39.7 Å². The predicted molar refractivity (Wildman–Crippen MR) is 126 cm³/mol. The van der Waals surface area contributed by atoms with Crippen LogP contribution in [0.2, 0.25) is 0 Å². The van der Waals surface area contributed by atoms with Gasteiger partial charge in [-0.15, -0.1) is 11.3 Å². The van der Waals surface area contributed by atoms with Gasteiger partial charge in [-0.2, -0.15) is 0 Å². The maximum absolute atomic E-state index is 12.1. The highest BCUT2D eigenvalue weighted by atomic mass is 32.1. The molecule has 2 aromatic heterocycles. The van der Waals surface area contributed by atoms with E-state index in [1.807, 2.05) is 23.6 Å². The van der Waals surface area contributed by atoms with Crippen LogP contribution in [0.25, 0.3) is 10.9 Å². The van der Waals surface area contributed by atoms with Crippen molar-refractivity contribution in [3.8, 4) is 0 Å². The molecule has 1 fully saturated rings. The number of thiophene rings is 1. The van der Waals surface area contributed by atoms with Gasteiger partial charge in [0.05, 0.1) is 11.9 Å². The lowest BCUT2D eigenvalue weighted by Crippen LogP contribution is -2.34. The van der Waals surface area contributed by atoms with E-state index >= 15 is 0 Å². The van der Waals surface area contributed by atoms with Crippen molar-refractivity contribution in [3.05, 3.63) is 52.7 Å². The third-order valence-corrected chi connectivity index (χ3v) is 6.75. The van der Waals surface area contributed by atoms with Gasteiger partial charge in [-0.05, 0) is 49.1 Å². The minimum Gasteiger partial charge on any atom is -0.377 e. The Morgan fingerprint density at radius 2 is 1.93 bits per heavy atom. The second kappa shape index (κ2) is 9.47. The first-order chi connectivity index (χ1) is 14.6. The van der Waals surface area contributed by atoms with E-state index in [9.17, 15) is 4.79 Å². The monoisotopic (exact) mass is 422 g/mol. The van der Waals surface area contributed by atoms with Crippen LogP contribution in [0.5, 0.6) is 0 Å². The van der Waals surface area contributed by atoms with Gasteiger partial charge in [-0.1, -0.05) is 24.3 Å². The minimum atomic E-state index is 0.134. The van der Waals surface area contributed by atoms with Crippen LogP contribution in [0.1, 0.15) is 30.6 Å². The number of rotatable bonds is 7. The molecule has 1 amide bonds. The van der Waals surface area contributed by atoms with Crippen LogP contribution in [-0.2, 0) is 11.2 Å². The Bertz CT molecular complexity index is 978. The van der Waals surface area contributed by atoms with Crippen molar-refractivity contribution in [1.29, 1.82) is 0 Å². The van der Waals surface area contributed by atoms with Gasteiger partial charge < -0.3 is 15.5 Å². The molecule has 2 N–H and O–H groups in total. The fourth-order valence-corrected chi connectivity index (χ4v) is 4.92. The molecule has 158 valence electrons. The zero-order valence-electron chi connectivity index (χ0n) is 17.7. The molecule has 0 spiro atoms. The van der Waals surface area contributed by atoms with E-state index in [1.54, 1.807) is 11.3 Å². The first-order valence-corrected chi connectivity index (χ1v) is 11.6. The summed E-state index contributed by atoms with van der Waals surface area (Å²) in [6, 6.07) is 14.9. The molecular formula is C24H30N4OS. The second-order valence-electron chi connectivity index (χ2n) is 8.36. The van der Waals surface area contributed by atoms with Crippen LogP contribution in [0.15, 0.2) is 47.8 Å². The van der Waals surface area contributed by atoms with Gasteiger partial charge in [0.15, 0.2) is 0 Å². The van der Waals surface area contributed by atoms with E-state index in [-0.39, 0.29) is 5.91 Å². The second-order valence-corrected chi connectivity index (χ2v) is 9.39. The summed E-state index contributed by atoms with van der Waals surface area (Å²) in [7, 11) is 4.15. The molecule has 0 aliphatic heterocycles. The topological polar surface area (TPSA) is 57.3 Å². The normalized spacial score (nSPS) is 18.9. The van der Waals surface area contributed by atoms with E-state index in [2.05, 4.69) is 53.9 Å². The molecule has 30 heavy (non-hydrogen) atoms. The zero-order valence-corrected chi connectivity index (χ0v) is 18.5. The van der Waals surface area contributed by atoms with Gasteiger partial charge in [0, 0.05) is 48.7 Å². The summed E-state index contributed by atoms with van der Waals surface area (Å²) in [4.78, 5) is 20.2. The highest BCUT2D eigenvalue weighted by Crippen LogP contribution is 2.30. The Morgan fingerprint density at radius 1 is 1.13 bits per heavy atom. The van der Waals surface area contributed by atoms with Crippen LogP contribution >= 0.6 is 11.3 Å². The highest BCUT2D eigenvalue weighted by molar-refractivity contribution is 7.10. The van der Waals surface area contributed by atoms with Crippen molar-refractivity contribution in [2.75, 3.05) is 30.9 Å². The molecule has 0 bridgehead atoms. The number of hydrogen-bond donors (Lipinski definition) is 2. The molecule has 0 atom stereocenters. The molecule has 1 saturated carbocycles. The molecule has 4 rings (SSSR count). The summed E-state index contributed by atoms with van der Waals surface area (Å²) >= 11 is 1.64. The van der Waals surface area contributed by atoms with Crippen LogP contribution in [0, 0.1) is 5.92 Å². The number of benzene rings is 1. The van der Waals surface area contributed by atoms with Crippen LogP contribution in [0.4, 0.5) is 11.5 Å². The summed E-state index contributed by atoms with van der Waals surface area (Å²) in [5.41, 5.74) is 2.21. The SMILES string of the molecule is CN(C)c1cc(N[C@H]2CC[C@@H](CNC(=O)Cc3cccs3)CC2)nc2ccccc12. The average Bonchev–Trinajstić information content (AvgIpc) is 3.25. The van der Waals surface area contributed by atoms with Crippen molar-refractivity contribution in [2.45, 2.75) is 38.1 Å². The number of nitrogens with zero attached hydrogens (tertiary/aromatic N) is 2. The van der Waals surface area contributed by atoms with Gasteiger partial charge in [-0.3, -0.25) is 4.79 Å². The molecule has 3 aromatic rings. The maximum Gasteiger partial charge on any atom is 0.225 e. The number of hydrogen-bond acceptors (Lipinski definition) is 5. The average molecular weight is 423 g/mol. The van der Waals surface area contributed by atoms with Crippen molar-refractivity contribution in [1.82, 2.24) is 10.3 Å². The van der Waals surface area contributed by atoms with Gasteiger partial charge in [-0.25, -0.2) is 4.98 Å². The summed E-state index contributed by atoms with van der Waals surface area (Å²) in [5, 5.41) is 9.98. The van der Waals surface area contributed by atoms with E-state index in [0.29, 0.717) is 18.4 Å². The number of fused-ring (bicyclic) bond motifs is 1. The van der Waals surface area contributed by atoms with Gasteiger partial charge in [0.1, 0.15) is 5.82 Å². The first kappa shape index (κ1) is 20.7. The summed E-state index contributed by atoms with van der Waals surface area (Å²) in [6.07, 6.45) is 4.97. The Balaban J connectivity index is 1.29. The number of carbonyl (C=O) groups excluding carboxylic acids is 1. The van der Waals surface area contributed by atoms with E-state index in [1.165, 1.54) is 11.1 Å². The van der Waals surface area contributed by atoms with Crippen LogP contribution in [0.3, 0.4) is 0 Å². The molecule has 1 aromatic carbocycles. The molecule has 0 unspecified atom stereocenters. The van der Waals surface area contributed by atoms with Gasteiger partial charge in [0.2, 0.25) is 5.91 Å². The number of amides is 1. The number of aromatic nitrogens is 1. The fourth-order valence-electron chi connectivity index (χ4n) is 4.21. The summed E-state index contributed by atoms with van der Waals surface area (Å²) in [6.45, 7) is 0.788. The zero-order chi connectivity index (χ0) is 20.9. The number of anilines is 2. The third-order valence-electron chi connectivity index (χ3n) is 5.88. The van der Waals surface area contributed by atoms with Crippen molar-refractivity contribution in [3.63, 3.8) is 0 Å². The van der Waals surface area contributed by atoms with E-state index in [4.69, 9.17) is 4.98 Å². The largest absolute Gasteiger partial charge is 0.377 e. The van der Waals surface area contributed by atoms with Gasteiger partial charge in [0.25, 0.3) is 0 Å². The molecular weight excluding hydrogens is 392 g/mol. The first-order valence-electron chi connectivity index (χ1n) is 10.7. The van der Waals surface area contributed by atoms with E-state index in [0.717, 1.165) is 48.4 Å². The van der Waals surface area contributed by atoms with Crippen LogP contribution in [-0.4, -0.2) is 37.6 Å². The third kappa shape index (κ3) is 5.11. The number of nitrogens with one attached hydrogen (secondary N) is 2. The van der Waals surface area contributed by atoms with Crippen LogP contribution < -0.4 is 15.5 Å². The number of para-hydroxylation sites is 1. The Hall–Kier alpha value is -2.60. The summed E-state index contributed by atoms with van der Waals surface area (Å²) < 4.78 is 0. The molecule has 0 radical (unpaired) electrons. The molecule has 1 aliphatic carbocycles. The van der Waals surface area contributed by atoms with Crippen molar-refractivity contribution in [2.24, 2.45) is 5.92 Å². The van der Waals surface area contributed by atoms with Gasteiger partial charge >= 0.3 is 0 Å². The van der Waals surface area contributed by atoms with Crippen molar-refractivity contribution < 1.29 is 4.79 Å². The lowest BCUT2D eigenvalue weighted by atomic mass is 9.86.